The van der Waals surface area contributed by atoms with Gasteiger partial charge in [0.15, 0.2) is 0 Å². The predicted molar refractivity (Wildman–Crippen MR) is 103 cm³/mol. The van der Waals surface area contributed by atoms with E-state index >= 15 is 0 Å². The molecule has 1 aliphatic carbocycles. The van der Waals surface area contributed by atoms with Gasteiger partial charge in [0.2, 0.25) is 17.7 Å². The number of aliphatic hydroxyl groups excluding tert-OH is 1. The van der Waals surface area contributed by atoms with Crippen molar-refractivity contribution in [2.45, 2.75) is 51.7 Å². The van der Waals surface area contributed by atoms with Gasteiger partial charge in [-0.2, -0.15) is 4.98 Å². The Kier molecular flexibility index (Phi) is 4.66. The largest absolute Gasteiger partial charge is 0.393 e. The van der Waals surface area contributed by atoms with Crippen LogP contribution in [0.25, 0.3) is 0 Å². The molecule has 2 aliphatic rings. The normalized spacial score (nSPS) is 22.0. The lowest BCUT2D eigenvalue weighted by molar-refractivity contribution is 0.0908. The summed E-state index contributed by atoms with van der Waals surface area (Å²) in [6.07, 6.45) is 4.62. The fourth-order valence-corrected chi connectivity index (χ4v) is 3.99. The third-order valence-corrected chi connectivity index (χ3v) is 5.44. The fourth-order valence-electron chi connectivity index (χ4n) is 3.99. The Morgan fingerprint density at radius 2 is 2.11 bits per heavy atom. The highest BCUT2D eigenvalue weighted by Gasteiger charge is 2.35. The standard InChI is InChI=1S/C18H26N8O2/c1-18(2)7-12(21-15(28)14-23-16(19)25-24-14)11-9-20-17(22-13(11)8-18)26-5-3-10(27)4-6-26/h9-10,12,27H,3-8H2,1-2H3,(H,21,28)(H3,19,23,24,25)/t12-/m0/s1. The van der Waals surface area contributed by atoms with Crippen LogP contribution in [0.3, 0.4) is 0 Å². The first kappa shape index (κ1) is 18.6. The summed E-state index contributed by atoms with van der Waals surface area (Å²) in [6.45, 7) is 5.83. The average Bonchev–Trinajstić information content (AvgIpc) is 3.07. The number of anilines is 2. The molecule has 150 valence electrons. The molecular weight excluding hydrogens is 360 g/mol. The molecule has 1 amide bonds. The Morgan fingerprint density at radius 3 is 2.79 bits per heavy atom. The van der Waals surface area contributed by atoms with Crippen LogP contribution in [0, 0.1) is 5.41 Å². The Hall–Kier alpha value is -2.75. The van der Waals surface area contributed by atoms with Crippen molar-refractivity contribution in [2.75, 3.05) is 23.7 Å². The summed E-state index contributed by atoms with van der Waals surface area (Å²) < 4.78 is 0. The number of H-pyrrole nitrogens is 1. The molecule has 1 fully saturated rings. The zero-order valence-electron chi connectivity index (χ0n) is 16.1. The van der Waals surface area contributed by atoms with Crippen molar-refractivity contribution in [1.29, 1.82) is 0 Å². The van der Waals surface area contributed by atoms with Gasteiger partial charge in [-0.1, -0.05) is 13.8 Å². The Labute approximate surface area is 163 Å². The van der Waals surface area contributed by atoms with E-state index in [1.165, 1.54) is 0 Å². The van der Waals surface area contributed by atoms with Crippen LogP contribution >= 0.6 is 0 Å². The first-order chi connectivity index (χ1) is 13.3. The van der Waals surface area contributed by atoms with Crippen molar-refractivity contribution >= 4 is 17.8 Å². The van der Waals surface area contributed by atoms with E-state index in [0.717, 1.165) is 50.0 Å². The second-order valence-corrected chi connectivity index (χ2v) is 8.40. The number of carbonyl (C=O) groups is 1. The van der Waals surface area contributed by atoms with Crippen LogP contribution in [-0.4, -0.2) is 55.4 Å². The zero-order chi connectivity index (χ0) is 19.9. The molecule has 4 rings (SSSR count). The lowest BCUT2D eigenvalue weighted by atomic mass is 9.74. The van der Waals surface area contributed by atoms with Gasteiger partial charge in [0, 0.05) is 24.8 Å². The van der Waals surface area contributed by atoms with Crippen LogP contribution in [0.1, 0.15) is 61.0 Å². The molecule has 0 saturated carbocycles. The Bertz CT molecular complexity index is 872. The zero-order valence-corrected chi connectivity index (χ0v) is 16.1. The van der Waals surface area contributed by atoms with Crippen LogP contribution in [0.2, 0.25) is 0 Å². The minimum atomic E-state index is -0.355. The number of hydrogen-bond acceptors (Lipinski definition) is 8. The van der Waals surface area contributed by atoms with Crippen LogP contribution in [-0.2, 0) is 6.42 Å². The van der Waals surface area contributed by atoms with Gasteiger partial charge < -0.3 is 21.1 Å². The van der Waals surface area contributed by atoms with Crippen LogP contribution < -0.4 is 16.0 Å². The highest BCUT2D eigenvalue weighted by atomic mass is 16.3. The molecule has 1 saturated heterocycles. The number of piperidine rings is 1. The molecule has 10 heteroatoms. The maximum Gasteiger partial charge on any atom is 0.289 e. The summed E-state index contributed by atoms with van der Waals surface area (Å²) in [6, 6.07) is -0.213. The van der Waals surface area contributed by atoms with Gasteiger partial charge in [-0.15, -0.1) is 5.10 Å². The smallest absolute Gasteiger partial charge is 0.289 e. The third-order valence-electron chi connectivity index (χ3n) is 5.44. The molecule has 10 nitrogen and oxygen atoms in total. The van der Waals surface area contributed by atoms with Gasteiger partial charge >= 0.3 is 0 Å². The first-order valence-corrected chi connectivity index (χ1v) is 9.58. The molecule has 1 aliphatic heterocycles. The van der Waals surface area contributed by atoms with E-state index in [1.807, 2.05) is 6.20 Å². The quantitative estimate of drug-likeness (QED) is 0.599. The summed E-state index contributed by atoms with van der Waals surface area (Å²) in [4.78, 5) is 27.9. The first-order valence-electron chi connectivity index (χ1n) is 9.58. The number of nitrogen functional groups attached to an aromatic ring is 1. The van der Waals surface area contributed by atoms with Crippen molar-refractivity contribution in [3.63, 3.8) is 0 Å². The highest BCUT2D eigenvalue weighted by Crippen LogP contribution is 2.40. The number of carbonyl (C=O) groups excluding carboxylic acids is 1. The average molecular weight is 386 g/mol. The fraction of sp³-hybridized carbons (Fsp3) is 0.611. The van der Waals surface area contributed by atoms with E-state index < -0.39 is 0 Å². The maximum atomic E-state index is 12.5. The summed E-state index contributed by atoms with van der Waals surface area (Å²) in [5.74, 6) is 0.462. The molecule has 3 heterocycles. The molecule has 5 N–H and O–H groups in total. The van der Waals surface area contributed by atoms with Crippen molar-refractivity contribution < 1.29 is 9.90 Å². The molecule has 2 aromatic rings. The molecule has 28 heavy (non-hydrogen) atoms. The topological polar surface area (TPSA) is 146 Å². The van der Waals surface area contributed by atoms with E-state index in [0.29, 0.717) is 5.95 Å². The third kappa shape index (κ3) is 3.77. The Balaban J connectivity index is 1.58. The molecule has 0 radical (unpaired) electrons. The van der Waals surface area contributed by atoms with Crippen molar-refractivity contribution in [2.24, 2.45) is 5.41 Å². The van der Waals surface area contributed by atoms with Gasteiger partial charge in [-0.25, -0.2) is 9.97 Å². The van der Waals surface area contributed by atoms with Crippen LogP contribution in [0.5, 0.6) is 0 Å². The second-order valence-electron chi connectivity index (χ2n) is 8.40. The SMILES string of the molecule is CC1(C)Cc2nc(N3CCC(O)CC3)ncc2[C@@H](NC(=O)c2nc(N)n[nH]2)C1. The number of amides is 1. The lowest BCUT2D eigenvalue weighted by Gasteiger charge is -2.37. The van der Waals surface area contributed by atoms with Gasteiger partial charge in [0.1, 0.15) is 0 Å². The number of hydrogen-bond donors (Lipinski definition) is 4. The second kappa shape index (κ2) is 7.01. The van der Waals surface area contributed by atoms with Gasteiger partial charge in [0.25, 0.3) is 5.91 Å². The number of fused-ring (bicyclic) bond motifs is 1. The van der Waals surface area contributed by atoms with E-state index in [9.17, 15) is 9.90 Å². The Morgan fingerprint density at radius 1 is 1.36 bits per heavy atom. The van der Waals surface area contributed by atoms with Gasteiger partial charge in [-0.3, -0.25) is 9.89 Å². The number of nitrogens with one attached hydrogen (secondary N) is 2. The van der Waals surface area contributed by atoms with E-state index in [2.05, 4.69) is 44.2 Å². The minimum Gasteiger partial charge on any atom is -0.393 e. The number of aromatic nitrogens is 5. The van der Waals surface area contributed by atoms with Crippen LogP contribution in [0.15, 0.2) is 6.20 Å². The molecule has 2 aromatic heterocycles. The molecule has 1 atom stereocenters. The van der Waals surface area contributed by atoms with Crippen molar-refractivity contribution in [1.82, 2.24) is 30.5 Å². The number of rotatable bonds is 3. The van der Waals surface area contributed by atoms with E-state index in [1.54, 1.807) is 0 Å². The molecule has 0 bridgehead atoms. The summed E-state index contributed by atoms with van der Waals surface area (Å²) in [5.41, 5.74) is 7.36. The number of nitrogens with two attached hydrogens (primary N) is 1. The van der Waals surface area contributed by atoms with E-state index in [4.69, 9.17) is 10.7 Å². The van der Waals surface area contributed by atoms with Crippen molar-refractivity contribution in [3.8, 4) is 0 Å². The predicted octanol–water partition coefficient (Wildman–Crippen LogP) is 0.582. The van der Waals surface area contributed by atoms with Crippen LogP contribution in [0.4, 0.5) is 11.9 Å². The highest BCUT2D eigenvalue weighted by molar-refractivity contribution is 5.90. The summed E-state index contributed by atoms with van der Waals surface area (Å²) >= 11 is 0. The van der Waals surface area contributed by atoms with Gasteiger partial charge in [-0.05, 0) is 31.1 Å². The monoisotopic (exact) mass is 386 g/mol. The molecule has 0 aromatic carbocycles. The molecular formula is C18H26N8O2. The number of aromatic amines is 1. The lowest BCUT2D eigenvalue weighted by Crippen LogP contribution is -2.39. The summed E-state index contributed by atoms with van der Waals surface area (Å²) in [5, 5.41) is 19.0. The number of nitrogens with zero attached hydrogens (tertiary/aromatic N) is 5. The van der Waals surface area contributed by atoms with Crippen molar-refractivity contribution in [3.05, 3.63) is 23.3 Å². The maximum absolute atomic E-state index is 12.5. The minimum absolute atomic E-state index is 0.0187. The molecule has 0 unspecified atom stereocenters. The number of aliphatic hydroxyl groups is 1. The van der Waals surface area contributed by atoms with Gasteiger partial charge in [0.05, 0.1) is 17.8 Å². The molecule has 0 spiro atoms. The summed E-state index contributed by atoms with van der Waals surface area (Å²) in [7, 11) is 0. The van der Waals surface area contributed by atoms with E-state index in [-0.39, 0.29) is 35.2 Å².